The zero-order valence-corrected chi connectivity index (χ0v) is 11.2. The maximum absolute atomic E-state index is 9.80. The zero-order chi connectivity index (χ0) is 12.4. The first-order chi connectivity index (χ1) is 8.17. The van der Waals surface area contributed by atoms with Crippen LogP contribution in [0.3, 0.4) is 0 Å². The van der Waals surface area contributed by atoms with Crippen LogP contribution in [0.25, 0.3) is 0 Å². The van der Waals surface area contributed by atoms with Crippen LogP contribution in [-0.4, -0.2) is 25.3 Å². The van der Waals surface area contributed by atoms with Gasteiger partial charge in [0, 0.05) is 11.0 Å². The molecule has 0 aliphatic carbocycles. The van der Waals surface area contributed by atoms with Gasteiger partial charge in [0.15, 0.2) is 0 Å². The Hall–Kier alpha value is -0.555. The van der Waals surface area contributed by atoms with Crippen LogP contribution < -0.4 is 15.9 Å². The zero-order valence-electron chi connectivity index (χ0n) is 9.65. The highest BCUT2D eigenvalue weighted by Gasteiger charge is 2.36. The van der Waals surface area contributed by atoms with Crippen molar-refractivity contribution >= 4 is 28.5 Å². The van der Waals surface area contributed by atoms with Gasteiger partial charge in [-0.05, 0) is 29.6 Å². The van der Waals surface area contributed by atoms with E-state index in [0.717, 1.165) is 27.7 Å². The van der Waals surface area contributed by atoms with Gasteiger partial charge in [-0.2, -0.15) is 0 Å². The minimum atomic E-state index is -0.917. The first kappa shape index (κ1) is 12.9. The second-order valence-electron chi connectivity index (χ2n) is 3.97. The highest BCUT2D eigenvalue weighted by Crippen LogP contribution is 2.32. The van der Waals surface area contributed by atoms with Crippen molar-refractivity contribution in [2.75, 3.05) is 13.2 Å². The molecule has 0 spiro atoms. The van der Waals surface area contributed by atoms with Gasteiger partial charge in [-0.1, -0.05) is 22.9 Å². The van der Waals surface area contributed by atoms with Crippen molar-refractivity contribution in [2.24, 2.45) is 5.73 Å². The summed E-state index contributed by atoms with van der Waals surface area (Å²) in [6.45, 7) is 3.05. The van der Waals surface area contributed by atoms with E-state index >= 15 is 0 Å². The van der Waals surface area contributed by atoms with Crippen LogP contribution in [0.2, 0.25) is 0 Å². The van der Waals surface area contributed by atoms with Crippen molar-refractivity contribution in [3.05, 3.63) is 22.2 Å². The molecule has 1 heterocycles. The average molecular weight is 300 g/mol. The molecule has 0 bridgehead atoms. The van der Waals surface area contributed by atoms with Crippen LogP contribution >= 0.6 is 15.9 Å². The van der Waals surface area contributed by atoms with E-state index in [9.17, 15) is 5.02 Å². The van der Waals surface area contributed by atoms with E-state index in [4.69, 9.17) is 15.1 Å². The molecule has 1 aromatic carbocycles. The van der Waals surface area contributed by atoms with Gasteiger partial charge in [0.25, 0.3) is 0 Å². The molecule has 3 N–H and O–H groups in total. The van der Waals surface area contributed by atoms with Crippen LogP contribution in [0.5, 0.6) is 5.75 Å². The Kier molecular flexibility index (Phi) is 4.09. The molecule has 1 atom stereocenters. The molecule has 0 amide bonds. The van der Waals surface area contributed by atoms with Gasteiger partial charge < -0.3 is 20.1 Å². The Labute approximate surface area is 109 Å². The lowest BCUT2D eigenvalue weighted by molar-refractivity contribution is 0.197. The van der Waals surface area contributed by atoms with Crippen LogP contribution in [0.15, 0.2) is 16.6 Å². The minimum Gasteiger partial charge on any atom is -0.494 e. The molecule has 0 radical (unpaired) electrons. The summed E-state index contributed by atoms with van der Waals surface area (Å²) < 4.78 is 11.8. The Morgan fingerprint density at radius 2 is 2.35 bits per heavy atom. The Bertz CT molecular complexity index is 416. The Balaban J connectivity index is 2.34. The van der Waals surface area contributed by atoms with E-state index in [0.29, 0.717) is 13.2 Å². The van der Waals surface area contributed by atoms with E-state index in [2.05, 4.69) is 15.9 Å². The summed E-state index contributed by atoms with van der Waals surface area (Å²) in [6, 6.07) is 3.70. The van der Waals surface area contributed by atoms with Gasteiger partial charge in [-0.15, -0.1) is 0 Å². The number of halogens is 1. The monoisotopic (exact) mass is 299 g/mol. The maximum Gasteiger partial charge on any atom is 0.492 e. The third kappa shape index (κ3) is 2.50. The average Bonchev–Trinajstić information content (AvgIpc) is 2.64. The lowest BCUT2D eigenvalue weighted by atomic mass is 9.79. The number of hydrogen-bond acceptors (Lipinski definition) is 4. The summed E-state index contributed by atoms with van der Waals surface area (Å²) in [7, 11) is -0.917. The lowest BCUT2D eigenvalue weighted by Gasteiger charge is -2.12. The smallest absolute Gasteiger partial charge is 0.492 e. The Morgan fingerprint density at radius 1 is 1.59 bits per heavy atom. The second-order valence-corrected chi connectivity index (χ2v) is 4.82. The molecule has 1 aliphatic rings. The first-order valence-corrected chi connectivity index (χ1v) is 6.46. The summed E-state index contributed by atoms with van der Waals surface area (Å²) in [5, 5.41) is 9.80. The van der Waals surface area contributed by atoms with Crippen molar-refractivity contribution in [3.63, 3.8) is 0 Å². The first-order valence-electron chi connectivity index (χ1n) is 5.67. The van der Waals surface area contributed by atoms with Gasteiger partial charge in [-0.25, -0.2) is 0 Å². The summed E-state index contributed by atoms with van der Waals surface area (Å²) in [6.07, 6.45) is 0.689. The van der Waals surface area contributed by atoms with Gasteiger partial charge in [0.1, 0.15) is 5.75 Å². The molecular weight excluding hydrogens is 285 g/mol. The topological polar surface area (TPSA) is 64.7 Å². The summed E-state index contributed by atoms with van der Waals surface area (Å²) >= 11 is 3.47. The molecule has 6 heteroatoms. The fourth-order valence-corrected chi connectivity index (χ4v) is 2.64. The minimum absolute atomic E-state index is 0.255. The van der Waals surface area contributed by atoms with E-state index in [-0.39, 0.29) is 6.10 Å². The normalized spacial score (nSPS) is 18.4. The quantitative estimate of drug-likeness (QED) is 0.813. The van der Waals surface area contributed by atoms with Crippen LogP contribution in [0, 0.1) is 0 Å². The largest absolute Gasteiger partial charge is 0.494 e. The third-order valence-electron chi connectivity index (χ3n) is 2.70. The predicted octanol–water partition coefficient (Wildman–Crippen LogP) is 0.955. The van der Waals surface area contributed by atoms with Crippen molar-refractivity contribution in [2.45, 2.75) is 19.4 Å². The Morgan fingerprint density at radius 3 is 3.00 bits per heavy atom. The number of hydrogen-bond donors (Lipinski definition) is 2. The summed E-state index contributed by atoms with van der Waals surface area (Å²) in [4.78, 5) is 0. The van der Waals surface area contributed by atoms with Crippen molar-refractivity contribution in [1.29, 1.82) is 0 Å². The molecule has 0 fully saturated rings. The van der Waals surface area contributed by atoms with Gasteiger partial charge in [0.05, 0.1) is 12.7 Å². The SMILES string of the molecule is CCCOc1cc(Br)c2c(c1)B(O)OC2CN. The molecule has 0 aromatic heterocycles. The summed E-state index contributed by atoms with van der Waals surface area (Å²) in [5.74, 6) is 0.734. The van der Waals surface area contributed by atoms with Crippen LogP contribution in [-0.2, 0) is 4.65 Å². The number of rotatable bonds is 4. The van der Waals surface area contributed by atoms with Crippen LogP contribution in [0.4, 0.5) is 0 Å². The number of benzene rings is 1. The van der Waals surface area contributed by atoms with E-state index in [1.54, 1.807) is 0 Å². The van der Waals surface area contributed by atoms with E-state index in [1.807, 2.05) is 19.1 Å². The van der Waals surface area contributed by atoms with Crippen molar-refractivity contribution < 1.29 is 14.4 Å². The molecule has 0 saturated heterocycles. The van der Waals surface area contributed by atoms with Gasteiger partial charge in [-0.3, -0.25) is 0 Å². The third-order valence-corrected chi connectivity index (χ3v) is 3.36. The molecule has 92 valence electrons. The molecule has 1 unspecified atom stereocenters. The molecule has 4 nitrogen and oxygen atoms in total. The summed E-state index contributed by atoms with van der Waals surface area (Å²) in [5.41, 5.74) is 7.27. The maximum atomic E-state index is 9.80. The lowest BCUT2D eigenvalue weighted by Crippen LogP contribution is -2.28. The molecule has 1 aliphatic heterocycles. The molecule has 1 aromatic rings. The highest BCUT2D eigenvalue weighted by atomic mass is 79.9. The fraction of sp³-hybridized carbons (Fsp3) is 0.455. The molecule has 17 heavy (non-hydrogen) atoms. The standard InChI is InChI=1S/C11H15BBrNO3/c1-2-3-16-7-4-8-11(9(13)5-7)10(6-14)17-12(8)15/h4-5,10,15H,2-3,6,14H2,1H3. The molecule has 0 saturated carbocycles. The van der Waals surface area contributed by atoms with Gasteiger partial charge in [0.2, 0.25) is 0 Å². The van der Waals surface area contributed by atoms with Gasteiger partial charge >= 0.3 is 7.12 Å². The van der Waals surface area contributed by atoms with Crippen molar-refractivity contribution in [1.82, 2.24) is 0 Å². The van der Waals surface area contributed by atoms with E-state index < -0.39 is 7.12 Å². The predicted molar refractivity (Wildman–Crippen MR) is 70.4 cm³/mol. The fourth-order valence-electron chi connectivity index (χ4n) is 1.93. The number of nitrogens with two attached hydrogens (primary N) is 1. The number of fused-ring (bicyclic) bond motifs is 1. The number of ether oxygens (including phenoxy) is 1. The highest BCUT2D eigenvalue weighted by molar-refractivity contribution is 9.10. The second kappa shape index (κ2) is 5.39. The van der Waals surface area contributed by atoms with Crippen LogP contribution in [0.1, 0.15) is 25.0 Å². The molecular formula is C11H15BBrNO3. The van der Waals surface area contributed by atoms with E-state index in [1.165, 1.54) is 0 Å². The van der Waals surface area contributed by atoms with Crippen molar-refractivity contribution in [3.8, 4) is 5.75 Å². The molecule has 2 rings (SSSR count).